The molecule has 2 aromatic rings. The predicted octanol–water partition coefficient (Wildman–Crippen LogP) is 2.65. The van der Waals surface area contributed by atoms with Gasteiger partial charge < -0.3 is 5.32 Å². The topological polar surface area (TPSA) is 88.6 Å². The third kappa shape index (κ3) is 3.81. The third-order valence-corrected chi connectivity index (χ3v) is 6.16. The van der Waals surface area contributed by atoms with Gasteiger partial charge >= 0.3 is 0 Å². The zero-order chi connectivity index (χ0) is 17.9. The van der Waals surface area contributed by atoms with E-state index in [1.165, 1.54) is 37.5 Å². The first kappa shape index (κ1) is 18.5. The van der Waals surface area contributed by atoms with Gasteiger partial charge in [0, 0.05) is 13.5 Å². The van der Waals surface area contributed by atoms with Crippen molar-refractivity contribution in [2.75, 3.05) is 19.0 Å². The minimum Gasteiger partial charge on any atom is -0.302 e. The van der Waals surface area contributed by atoms with Crippen molar-refractivity contribution in [2.45, 2.75) is 25.7 Å². The normalized spacial score (nSPS) is 11.7. The van der Waals surface area contributed by atoms with E-state index in [-0.39, 0.29) is 17.3 Å². The lowest BCUT2D eigenvalue weighted by Crippen LogP contribution is -2.29. The van der Waals surface area contributed by atoms with Crippen LogP contribution in [0.5, 0.6) is 0 Å². The summed E-state index contributed by atoms with van der Waals surface area (Å²) < 4.78 is 25.7. The van der Waals surface area contributed by atoms with E-state index >= 15 is 0 Å². The van der Waals surface area contributed by atoms with Gasteiger partial charge in [0.25, 0.3) is 10.0 Å². The van der Waals surface area contributed by atoms with Crippen LogP contribution in [0.15, 0.2) is 29.2 Å². The third-order valence-electron chi connectivity index (χ3n) is 3.22. The Balaban J connectivity index is 2.33. The molecule has 0 aliphatic heterocycles. The molecule has 0 aliphatic carbocycles. The van der Waals surface area contributed by atoms with Crippen LogP contribution in [0.3, 0.4) is 0 Å². The van der Waals surface area contributed by atoms with Crippen LogP contribution in [0.4, 0.5) is 5.13 Å². The van der Waals surface area contributed by atoms with E-state index < -0.39 is 10.0 Å². The number of benzene rings is 1. The van der Waals surface area contributed by atoms with Crippen LogP contribution in [0.1, 0.15) is 19.5 Å². The first-order valence-electron chi connectivity index (χ1n) is 7.22. The van der Waals surface area contributed by atoms with Crippen molar-refractivity contribution in [3.05, 3.63) is 30.0 Å². The minimum absolute atomic E-state index is 0.152. The van der Waals surface area contributed by atoms with Gasteiger partial charge in [-0.25, -0.2) is 13.4 Å². The summed E-state index contributed by atoms with van der Waals surface area (Å²) in [5.74, 6) is -0.184. The summed E-state index contributed by atoms with van der Waals surface area (Å²) in [7, 11) is -2.36. The Bertz CT molecular complexity index is 825. The summed E-state index contributed by atoms with van der Waals surface area (Å²) in [4.78, 5) is 21.3. The number of sulfonamides is 1. The highest BCUT2D eigenvalue weighted by atomic mass is 32.2. The minimum atomic E-state index is -3.68. The number of aromatic nitrogens is 1. The maximum Gasteiger partial charge on any atom is 0.264 e. The highest BCUT2D eigenvalue weighted by molar-refractivity contribution is 7.89. The summed E-state index contributed by atoms with van der Waals surface area (Å²) in [5.41, 5.74) is 1.60. The Morgan fingerprint density at radius 3 is 2.46 bits per heavy atom. The molecule has 2 rings (SSSR count). The van der Waals surface area contributed by atoms with Gasteiger partial charge in [-0.05, 0) is 31.5 Å². The lowest BCUT2D eigenvalue weighted by molar-refractivity contribution is -0.114. The van der Waals surface area contributed by atoms with Crippen LogP contribution < -0.4 is 5.32 Å². The Hall–Kier alpha value is -1.81. The van der Waals surface area contributed by atoms with Crippen LogP contribution >= 0.6 is 11.3 Å². The first-order chi connectivity index (χ1) is 11.3. The molecule has 0 fully saturated rings. The number of amides is 1. The molecule has 0 atom stereocenters. The van der Waals surface area contributed by atoms with Gasteiger partial charge in [-0.2, -0.15) is 0 Å². The largest absolute Gasteiger partial charge is 0.302 e. The second-order valence-electron chi connectivity index (χ2n) is 4.95. The molecule has 130 valence electrons. The van der Waals surface area contributed by atoms with Crippen molar-refractivity contribution >= 4 is 32.4 Å². The van der Waals surface area contributed by atoms with Crippen LogP contribution in [0, 0.1) is 6.92 Å². The molecule has 1 amide bonds. The molecule has 0 spiro atoms. The summed E-state index contributed by atoms with van der Waals surface area (Å²) in [6, 6.07) is 6.50. The lowest BCUT2D eigenvalue weighted by atomic mass is 10.2. The van der Waals surface area contributed by atoms with E-state index in [0.29, 0.717) is 5.13 Å². The van der Waals surface area contributed by atoms with Gasteiger partial charge in [-0.3, -0.25) is 9.63 Å². The Kier molecular flexibility index (Phi) is 5.70. The highest BCUT2D eigenvalue weighted by Crippen LogP contribution is 2.33. The first-order valence-corrected chi connectivity index (χ1v) is 9.47. The lowest BCUT2D eigenvalue weighted by Gasteiger charge is -2.17. The second-order valence-corrected chi connectivity index (χ2v) is 7.77. The number of nitrogens with one attached hydrogen (secondary N) is 1. The maximum atomic E-state index is 12.4. The number of aryl methyl sites for hydroxylation is 1. The molecule has 24 heavy (non-hydrogen) atoms. The van der Waals surface area contributed by atoms with E-state index in [2.05, 4.69) is 10.3 Å². The quantitative estimate of drug-likeness (QED) is 0.791. The molecule has 0 radical (unpaired) electrons. The molecule has 1 aromatic carbocycles. The Labute approximate surface area is 145 Å². The van der Waals surface area contributed by atoms with Crippen LogP contribution in [-0.2, 0) is 19.7 Å². The Morgan fingerprint density at radius 2 is 1.96 bits per heavy atom. The van der Waals surface area contributed by atoms with Crippen molar-refractivity contribution < 1.29 is 18.0 Å². The Morgan fingerprint density at radius 1 is 1.33 bits per heavy atom. The number of carbonyl (C=O) groups excluding carboxylic acids is 1. The highest BCUT2D eigenvalue weighted by Gasteiger charge is 2.23. The van der Waals surface area contributed by atoms with Gasteiger partial charge in [0.15, 0.2) is 5.13 Å². The maximum absolute atomic E-state index is 12.4. The molecule has 0 aliphatic rings. The molecule has 1 heterocycles. The number of nitrogens with zero attached hydrogens (tertiary/aromatic N) is 2. The van der Waals surface area contributed by atoms with E-state index in [1.807, 2.05) is 6.92 Å². The summed E-state index contributed by atoms with van der Waals surface area (Å²) in [6.07, 6.45) is 0. The fraction of sp³-hybridized carbons (Fsp3) is 0.333. The molecule has 0 saturated carbocycles. The predicted molar refractivity (Wildman–Crippen MR) is 93.2 cm³/mol. The van der Waals surface area contributed by atoms with Gasteiger partial charge in [-0.15, -0.1) is 0 Å². The molecule has 9 heteroatoms. The molecule has 1 N–H and O–H groups in total. The number of hydrogen-bond acceptors (Lipinski definition) is 6. The van der Waals surface area contributed by atoms with Crippen LogP contribution in [0.25, 0.3) is 10.4 Å². The van der Waals surface area contributed by atoms with Crippen LogP contribution in [0.2, 0.25) is 0 Å². The average molecular weight is 369 g/mol. The molecular weight excluding hydrogens is 350 g/mol. The van der Waals surface area contributed by atoms with Crippen molar-refractivity contribution in [1.29, 1.82) is 0 Å². The smallest absolute Gasteiger partial charge is 0.264 e. The zero-order valence-corrected chi connectivity index (χ0v) is 15.5. The fourth-order valence-corrected chi connectivity index (χ4v) is 4.43. The fourth-order valence-electron chi connectivity index (χ4n) is 2.16. The molecular formula is C15H19N3O4S2. The van der Waals surface area contributed by atoms with Crippen molar-refractivity contribution in [1.82, 2.24) is 9.45 Å². The van der Waals surface area contributed by atoms with E-state index in [0.717, 1.165) is 20.6 Å². The van der Waals surface area contributed by atoms with Gasteiger partial charge in [-0.1, -0.05) is 27.9 Å². The molecule has 1 aromatic heterocycles. The number of thiazole rings is 1. The number of carbonyl (C=O) groups is 1. The summed E-state index contributed by atoms with van der Waals surface area (Å²) in [6.45, 7) is 5.17. The van der Waals surface area contributed by atoms with E-state index in [9.17, 15) is 13.2 Å². The summed E-state index contributed by atoms with van der Waals surface area (Å²) in [5, 5.41) is 3.17. The van der Waals surface area contributed by atoms with E-state index in [1.54, 1.807) is 19.1 Å². The number of hydrogen-bond donors (Lipinski definition) is 1. The van der Waals surface area contributed by atoms with Gasteiger partial charge in [0.05, 0.1) is 22.6 Å². The number of rotatable bonds is 6. The zero-order valence-electron chi connectivity index (χ0n) is 13.9. The molecule has 0 saturated heterocycles. The van der Waals surface area contributed by atoms with Gasteiger partial charge in [0.1, 0.15) is 0 Å². The second kappa shape index (κ2) is 7.39. The number of hydroxylamine groups is 1. The van der Waals surface area contributed by atoms with Crippen molar-refractivity contribution in [2.24, 2.45) is 0 Å². The monoisotopic (exact) mass is 369 g/mol. The average Bonchev–Trinajstić information content (AvgIpc) is 2.88. The van der Waals surface area contributed by atoms with Crippen molar-refractivity contribution in [3.8, 4) is 10.4 Å². The molecule has 7 nitrogen and oxygen atoms in total. The molecule has 0 unspecified atom stereocenters. The van der Waals surface area contributed by atoms with Gasteiger partial charge in [0.2, 0.25) is 5.91 Å². The van der Waals surface area contributed by atoms with E-state index in [4.69, 9.17) is 4.84 Å². The van der Waals surface area contributed by atoms with Crippen LogP contribution in [-0.4, -0.2) is 37.4 Å². The number of anilines is 1. The molecule has 0 bridgehead atoms. The summed E-state index contributed by atoms with van der Waals surface area (Å²) >= 11 is 1.34. The SMILES string of the molecule is CCN(OC)S(=O)(=O)c1ccc(-c2sc(NC(C)=O)nc2C)cc1. The van der Waals surface area contributed by atoms with Crippen molar-refractivity contribution in [3.63, 3.8) is 0 Å². The standard InChI is InChI=1S/C15H19N3O4S2/c1-5-18(22-4)24(20,21)13-8-6-12(7-9-13)14-10(2)16-15(23-14)17-11(3)19/h6-9H,5H2,1-4H3,(H,16,17,19).